The molecule has 32 heavy (non-hydrogen) atoms. The Kier molecular flexibility index (Phi) is 8.26. The first-order chi connectivity index (χ1) is 15.6. The number of rotatable bonds is 10. The number of hydrogen-bond acceptors (Lipinski definition) is 4. The molecule has 0 aliphatic carbocycles. The van der Waals surface area contributed by atoms with Gasteiger partial charge in [-0.3, -0.25) is 9.59 Å². The number of anilines is 3. The third-order valence-electron chi connectivity index (χ3n) is 4.95. The second-order valence-corrected chi connectivity index (χ2v) is 7.38. The van der Waals surface area contributed by atoms with Crippen LogP contribution in [0, 0.1) is 0 Å². The lowest BCUT2D eigenvalue weighted by Crippen LogP contribution is -2.26. The Hall–Kier alpha value is -3.80. The van der Waals surface area contributed by atoms with Crippen molar-refractivity contribution in [1.82, 2.24) is 0 Å². The van der Waals surface area contributed by atoms with E-state index in [9.17, 15) is 9.59 Å². The minimum absolute atomic E-state index is 0.0971. The minimum Gasteiger partial charge on any atom is -0.491 e. The van der Waals surface area contributed by atoms with Crippen molar-refractivity contribution in [3.8, 4) is 5.75 Å². The maximum absolute atomic E-state index is 12.7. The molecule has 0 fully saturated rings. The largest absolute Gasteiger partial charge is 0.491 e. The van der Waals surface area contributed by atoms with Crippen LogP contribution in [0.3, 0.4) is 0 Å². The first kappa shape index (κ1) is 22.9. The van der Waals surface area contributed by atoms with Gasteiger partial charge in [0.1, 0.15) is 5.75 Å². The summed E-state index contributed by atoms with van der Waals surface area (Å²) in [6.07, 6.45) is 2.01. The van der Waals surface area contributed by atoms with Gasteiger partial charge in [0, 0.05) is 24.0 Å². The molecule has 0 heterocycles. The number of benzene rings is 3. The molecule has 2 amide bonds. The maximum atomic E-state index is 12.7. The Morgan fingerprint density at radius 2 is 1.59 bits per heavy atom. The summed E-state index contributed by atoms with van der Waals surface area (Å²) >= 11 is 0. The van der Waals surface area contributed by atoms with Crippen molar-refractivity contribution in [3.05, 3.63) is 84.4 Å². The van der Waals surface area contributed by atoms with E-state index in [1.165, 1.54) is 0 Å². The molecule has 0 aliphatic rings. The molecule has 6 nitrogen and oxygen atoms in total. The number of ether oxygens (including phenoxy) is 1. The topological polar surface area (TPSA) is 70.7 Å². The predicted octanol–water partition coefficient (Wildman–Crippen LogP) is 5.19. The molecule has 0 bridgehead atoms. The molecule has 0 unspecified atom stereocenters. The molecule has 0 spiro atoms. The Labute approximate surface area is 189 Å². The second kappa shape index (κ2) is 11.6. The molecule has 166 valence electrons. The number of nitrogens with one attached hydrogen (secondary N) is 2. The van der Waals surface area contributed by atoms with Gasteiger partial charge in [0.25, 0.3) is 5.91 Å². The van der Waals surface area contributed by atoms with Crippen LogP contribution in [0.2, 0.25) is 0 Å². The molecule has 2 N–H and O–H groups in total. The number of carbonyl (C=O) groups is 2. The quantitative estimate of drug-likeness (QED) is 0.433. The smallest absolute Gasteiger partial charge is 0.258 e. The standard InChI is InChI=1S/C26H29N3O3/c1-3-4-18-32-24-13-9-8-12-23(24)28-25(30)19-27-21-16-14-20(15-17-21)26(31)29(2)22-10-6-5-7-11-22/h5-17,27H,3-4,18-19H2,1-2H3,(H,28,30). The molecule has 0 aromatic heterocycles. The zero-order valence-electron chi connectivity index (χ0n) is 18.5. The van der Waals surface area contributed by atoms with Crippen molar-refractivity contribution < 1.29 is 14.3 Å². The molecule has 0 atom stereocenters. The summed E-state index contributed by atoms with van der Waals surface area (Å²) in [5.74, 6) is 0.389. The van der Waals surface area contributed by atoms with Gasteiger partial charge < -0.3 is 20.3 Å². The maximum Gasteiger partial charge on any atom is 0.258 e. The molecular formula is C26H29N3O3. The normalized spacial score (nSPS) is 10.3. The number of carbonyl (C=O) groups excluding carboxylic acids is 2. The van der Waals surface area contributed by atoms with Gasteiger partial charge in [-0.25, -0.2) is 0 Å². The number of unbranched alkanes of at least 4 members (excludes halogenated alkanes) is 1. The summed E-state index contributed by atoms with van der Waals surface area (Å²) in [6, 6.07) is 24.0. The fourth-order valence-electron chi connectivity index (χ4n) is 3.09. The van der Waals surface area contributed by atoms with Crippen molar-refractivity contribution >= 4 is 28.9 Å². The van der Waals surface area contributed by atoms with Gasteiger partial charge in [-0.2, -0.15) is 0 Å². The van der Waals surface area contributed by atoms with Crippen LogP contribution in [0.4, 0.5) is 17.1 Å². The van der Waals surface area contributed by atoms with E-state index in [1.807, 2.05) is 54.6 Å². The van der Waals surface area contributed by atoms with Crippen LogP contribution in [-0.2, 0) is 4.79 Å². The molecule has 0 saturated heterocycles. The summed E-state index contributed by atoms with van der Waals surface area (Å²) in [5.41, 5.74) is 2.81. The van der Waals surface area contributed by atoms with Crippen LogP contribution in [-0.4, -0.2) is 32.0 Å². The van der Waals surface area contributed by atoms with Crippen molar-refractivity contribution in [2.75, 3.05) is 35.7 Å². The number of nitrogens with zero attached hydrogens (tertiary/aromatic N) is 1. The van der Waals surface area contributed by atoms with Gasteiger partial charge in [-0.1, -0.05) is 43.7 Å². The first-order valence-electron chi connectivity index (χ1n) is 10.8. The molecular weight excluding hydrogens is 402 g/mol. The SMILES string of the molecule is CCCCOc1ccccc1NC(=O)CNc1ccc(C(=O)N(C)c2ccccc2)cc1. The van der Waals surface area contributed by atoms with Crippen LogP contribution < -0.4 is 20.3 Å². The molecule has 6 heteroatoms. The number of hydrogen-bond donors (Lipinski definition) is 2. The highest BCUT2D eigenvalue weighted by Gasteiger charge is 2.13. The van der Waals surface area contributed by atoms with E-state index in [0.717, 1.165) is 24.2 Å². The van der Waals surface area contributed by atoms with Crippen molar-refractivity contribution in [2.24, 2.45) is 0 Å². The molecule has 0 aliphatic heterocycles. The van der Waals surface area contributed by atoms with E-state index in [1.54, 1.807) is 36.2 Å². The summed E-state index contributed by atoms with van der Waals surface area (Å²) < 4.78 is 5.76. The third-order valence-corrected chi connectivity index (χ3v) is 4.95. The third kappa shape index (κ3) is 6.35. The molecule has 0 radical (unpaired) electrons. The summed E-state index contributed by atoms with van der Waals surface area (Å²) in [5, 5.41) is 5.97. The fourth-order valence-corrected chi connectivity index (χ4v) is 3.09. The molecule has 3 rings (SSSR count). The van der Waals surface area contributed by atoms with Crippen LogP contribution in [0.1, 0.15) is 30.1 Å². The zero-order valence-corrected chi connectivity index (χ0v) is 18.5. The fraction of sp³-hybridized carbons (Fsp3) is 0.231. The average molecular weight is 432 g/mol. The van der Waals surface area contributed by atoms with Gasteiger partial charge in [0.05, 0.1) is 18.8 Å². The lowest BCUT2D eigenvalue weighted by molar-refractivity contribution is -0.114. The first-order valence-corrected chi connectivity index (χ1v) is 10.8. The van der Waals surface area contributed by atoms with Crippen LogP contribution in [0.5, 0.6) is 5.75 Å². The zero-order chi connectivity index (χ0) is 22.8. The highest BCUT2D eigenvalue weighted by Crippen LogP contribution is 2.24. The molecule has 3 aromatic carbocycles. The monoisotopic (exact) mass is 431 g/mol. The van der Waals surface area contributed by atoms with Crippen molar-refractivity contribution in [2.45, 2.75) is 19.8 Å². The second-order valence-electron chi connectivity index (χ2n) is 7.38. The summed E-state index contributed by atoms with van der Waals surface area (Å²) in [4.78, 5) is 26.7. The minimum atomic E-state index is -0.180. The Morgan fingerprint density at radius 1 is 0.906 bits per heavy atom. The number of para-hydroxylation sites is 3. The van der Waals surface area contributed by atoms with Crippen molar-refractivity contribution in [3.63, 3.8) is 0 Å². The van der Waals surface area contributed by atoms with E-state index < -0.39 is 0 Å². The molecule has 0 saturated carbocycles. The van der Waals surface area contributed by atoms with Crippen molar-refractivity contribution in [1.29, 1.82) is 0 Å². The Morgan fingerprint density at radius 3 is 2.31 bits per heavy atom. The van der Waals surface area contributed by atoms with Crippen LogP contribution in [0.25, 0.3) is 0 Å². The lowest BCUT2D eigenvalue weighted by Gasteiger charge is -2.17. The van der Waals surface area contributed by atoms with Crippen LogP contribution in [0.15, 0.2) is 78.9 Å². The average Bonchev–Trinajstić information content (AvgIpc) is 2.84. The molecule has 3 aromatic rings. The Bertz CT molecular complexity index is 1020. The summed E-state index contributed by atoms with van der Waals surface area (Å²) in [6.45, 7) is 2.82. The highest BCUT2D eigenvalue weighted by atomic mass is 16.5. The number of amides is 2. The van der Waals surface area contributed by atoms with E-state index in [-0.39, 0.29) is 18.4 Å². The van der Waals surface area contributed by atoms with Crippen LogP contribution >= 0.6 is 0 Å². The predicted molar refractivity (Wildman–Crippen MR) is 130 cm³/mol. The van der Waals surface area contributed by atoms with Gasteiger partial charge in [0.15, 0.2) is 0 Å². The lowest BCUT2D eigenvalue weighted by atomic mass is 10.1. The Balaban J connectivity index is 1.53. The van der Waals surface area contributed by atoms with E-state index in [4.69, 9.17) is 4.74 Å². The van der Waals surface area contributed by atoms with E-state index >= 15 is 0 Å². The van der Waals surface area contributed by atoms with E-state index in [0.29, 0.717) is 23.6 Å². The van der Waals surface area contributed by atoms with Gasteiger partial charge in [-0.15, -0.1) is 0 Å². The van der Waals surface area contributed by atoms with E-state index in [2.05, 4.69) is 17.6 Å². The van der Waals surface area contributed by atoms with Gasteiger partial charge in [-0.05, 0) is 55.0 Å². The van der Waals surface area contributed by atoms with Gasteiger partial charge >= 0.3 is 0 Å². The van der Waals surface area contributed by atoms with Gasteiger partial charge in [0.2, 0.25) is 5.91 Å². The highest BCUT2D eigenvalue weighted by molar-refractivity contribution is 6.05. The summed E-state index contributed by atoms with van der Waals surface area (Å²) in [7, 11) is 1.75.